The predicted molar refractivity (Wildman–Crippen MR) is 115 cm³/mol. The zero-order valence-electron chi connectivity index (χ0n) is 16.2. The first kappa shape index (κ1) is 18.8. The molecule has 0 saturated heterocycles. The molecule has 1 fully saturated rings. The number of hydrogen-bond donors (Lipinski definition) is 1. The Kier molecular flexibility index (Phi) is 4.75. The van der Waals surface area contributed by atoms with E-state index in [1.807, 2.05) is 30.3 Å². The van der Waals surface area contributed by atoms with E-state index in [1.165, 1.54) is 0 Å². The Labute approximate surface area is 179 Å². The number of fused-ring (bicyclic) bond motifs is 1. The van der Waals surface area contributed by atoms with Crippen LogP contribution in [0.25, 0.3) is 0 Å². The summed E-state index contributed by atoms with van der Waals surface area (Å²) < 4.78 is 17.7. The molecule has 0 unspecified atom stereocenters. The summed E-state index contributed by atoms with van der Waals surface area (Å²) in [5, 5.41) is 3.39. The zero-order valence-corrected chi connectivity index (χ0v) is 16.9. The summed E-state index contributed by atoms with van der Waals surface area (Å²) in [6, 6.07) is 19.7. The van der Waals surface area contributed by atoms with Crippen LogP contribution in [0.4, 0.5) is 5.69 Å². The SMILES string of the molecule is O=C(Nc1cc(Cl)ccc1Oc1ccccc1)c1ccc2c(c1)OCC1(CC1)CO2. The summed E-state index contributed by atoms with van der Waals surface area (Å²) in [5.74, 6) is 2.15. The second-order valence-corrected chi connectivity index (χ2v) is 8.19. The molecule has 1 heterocycles. The van der Waals surface area contributed by atoms with Crippen molar-refractivity contribution in [2.75, 3.05) is 18.5 Å². The number of benzene rings is 3. The fourth-order valence-electron chi connectivity index (χ4n) is 3.35. The van der Waals surface area contributed by atoms with E-state index in [1.54, 1.807) is 36.4 Å². The molecule has 1 amide bonds. The Balaban J connectivity index is 1.37. The van der Waals surface area contributed by atoms with Crippen molar-refractivity contribution in [2.24, 2.45) is 5.41 Å². The van der Waals surface area contributed by atoms with E-state index in [-0.39, 0.29) is 11.3 Å². The molecule has 3 aromatic carbocycles. The number of ether oxygens (including phenoxy) is 3. The normalized spacial score (nSPS) is 15.9. The number of nitrogens with one attached hydrogen (secondary N) is 1. The lowest BCUT2D eigenvalue weighted by atomic mass is 10.1. The van der Waals surface area contributed by atoms with Gasteiger partial charge in [-0.3, -0.25) is 4.79 Å². The van der Waals surface area contributed by atoms with Gasteiger partial charge in [0.15, 0.2) is 17.2 Å². The van der Waals surface area contributed by atoms with Crippen molar-refractivity contribution >= 4 is 23.2 Å². The van der Waals surface area contributed by atoms with Gasteiger partial charge in [0.05, 0.1) is 18.9 Å². The van der Waals surface area contributed by atoms with Gasteiger partial charge in [-0.2, -0.15) is 0 Å². The van der Waals surface area contributed by atoms with Crippen LogP contribution < -0.4 is 19.5 Å². The minimum Gasteiger partial charge on any atom is -0.489 e. The van der Waals surface area contributed by atoms with Gasteiger partial charge in [-0.15, -0.1) is 0 Å². The first-order chi connectivity index (χ1) is 14.6. The van der Waals surface area contributed by atoms with Crippen molar-refractivity contribution in [3.05, 3.63) is 77.3 Å². The highest BCUT2D eigenvalue weighted by Crippen LogP contribution is 2.49. The topological polar surface area (TPSA) is 56.8 Å². The van der Waals surface area contributed by atoms with Crippen molar-refractivity contribution in [1.82, 2.24) is 0 Å². The highest BCUT2D eigenvalue weighted by atomic mass is 35.5. The highest BCUT2D eigenvalue weighted by Gasteiger charge is 2.46. The van der Waals surface area contributed by atoms with Gasteiger partial charge in [0, 0.05) is 16.0 Å². The minimum atomic E-state index is -0.285. The molecule has 1 aliphatic heterocycles. The molecule has 0 atom stereocenters. The predicted octanol–water partition coefficient (Wildman–Crippen LogP) is 5.94. The van der Waals surface area contributed by atoms with Crippen LogP contribution >= 0.6 is 11.6 Å². The maximum absolute atomic E-state index is 12.9. The Hall–Kier alpha value is -3.18. The molecule has 2 aliphatic rings. The van der Waals surface area contributed by atoms with Crippen LogP contribution in [0.1, 0.15) is 23.2 Å². The maximum Gasteiger partial charge on any atom is 0.255 e. The molecular weight excluding hydrogens is 402 g/mol. The van der Waals surface area contributed by atoms with E-state index in [9.17, 15) is 4.79 Å². The molecule has 5 nitrogen and oxygen atoms in total. The quantitative estimate of drug-likeness (QED) is 0.566. The van der Waals surface area contributed by atoms with E-state index in [0.29, 0.717) is 52.5 Å². The maximum atomic E-state index is 12.9. The lowest BCUT2D eigenvalue weighted by molar-refractivity contribution is 0.102. The molecule has 1 saturated carbocycles. The zero-order chi connectivity index (χ0) is 20.6. The number of carbonyl (C=O) groups is 1. The van der Waals surface area contributed by atoms with Crippen LogP contribution in [-0.4, -0.2) is 19.1 Å². The number of carbonyl (C=O) groups excluding carboxylic acids is 1. The molecule has 0 aromatic heterocycles. The number of rotatable bonds is 4. The Morgan fingerprint density at radius 1 is 0.933 bits per heavy atom. The van der Waals surface area contributed by atoms with Gasteiger partial charge < -0.3 is 19.5 Å². The summed E-state index contributed by atoms with van der Waals surface area (Å²) in [6.07, 6.45) is 2.24. The van der Waals surface area contributed by atoms with Gasteiger partial charge in [0.1, 0.15) is 5.75 Å². The average molecular weight is 422 g/mol. The van der Waals surface area contributed by atoms with Crippen LogP contribution in [0.15, 0.2) is 66.7 Å². The van der Waals surface area contributed by atoms with Crippen LogP contribution in [0.5, 0.6) is 23.0 Å². The monoisotopic (exact) mass is 421 g/mol. The van der Waals surface area contributed by atoms with E-state index in [2.05, 4.69) is 5.32 Å². The van der Waals surface area contributed by atoms with Gasteiger partial charge >= 0.3 is 0 Å². The molecular formula is C24H20ClNO4. The van der Waals surface area contributed by atoms with Crippen molar-refractivity contribution in [3.63, 3.8) is 0 Å². The standard InChI is InChI=1S/C24H20ClNO4/c25-17-7-9-20(30-18-4-2-1-3-5-18)19(13-17)26-23(27)16-6-8-21-22(12-16)29-15-24(10-11-24)14-28-21/h1-9,12-13H,10-11,14-15H2,(H,26,27). The Morgan fingerprint density at radius 2 is 1.70 bits per heavy atom. The van der Waals surface area contributed by atoms with Gasteiger partial charge in [-0.05, 0) is 61.4 Å². The third kappa shape index (κ3) is 3.94. The second kappa shape index (κ2) is 7.58. The molecule has 30 heavy (non-hydrogen) atoms. The molecule has 1 spiro atoms. The molecule has 3 aromatic rings. The lowest BCUT2D eigenvalue weighted by Gasteiger charge is -2.14. The van der Waals surface area contributed by atoms with Gasteiger partial charge in [0.25, 0.3) is 5.91 Å². The highest BCUT2D eigenvalue weighted by molar-refractivity contribution is 6.31. The van der Waals surface area contributed by atoms with Crippen molar-refractivity contribution in [1.29, 1.82) is 0 Å². The summed E-state index contributed by atoms with van der Waals surface area (Å²) in [6.45, 7) is 1.28. The van der Waals surface area contributed by atoms with Crippen molar-refractivity contribution in [3.8, 4) is 23.0 Å². The molecule has 1 N–H and O–H groups in total. The number of hydrogen-bond acceptors (Lipinski definition) is 4. The van der Waals surface area contributed by atoms with E-state index >= 15 is 0 Å². The summed E-state index contributed by atoms with van der Waals surface area (Å²) in [7, 11) is 0. The summed E-state index contributed by atoms with van der Waals surface area (Å²) >= 11 is 6.15. The third-order valence-corrected chi connectivity index (χ3v) is 5.63. The van der Waals surface area contributed by atoms with E-state index in [4.69, 9.17) is 25.8 Å². The molecule has 5 rings (SSSR count). The van der Waals surface area contributed by atoms with E-state index in [0.717, 1.165) is 12.8 Å². The third-order valence-electron chi connectivity index (χ3n) is 5.39. The van der Waals surface area contributed by atoms with E-state index < -0.39 is 0 Å². The fourth-order valence-corrected chi connectivity index (χ4v) is 3.52. The Morgan fingerprint density at radius 3 is 2.47 bits per heavy atom. The lowest BCUT2D eigenvalue weighted by Crippen LogP contribution is -2.17. The molecule has 6 heteroatoms. The smallest absolute Gasteiger partial charge is 0.255 e. The number of amides is 1. The average Bonchev–Trinajstić information content (AvgIpc) is 3.56. The first-order valence-electron chi connectivity index (χ1n) is 9.84. The fraction of sp³-hybridized carbons (Fsp3) is 0.208. The second-order valence-electron chi connectivity index (χ2n) is 7.75. The molecule has 1 aliphatic carbocycles. The summed E-state index contributed by atoms with van der Waals surface area (Å²) in [5.41, 5.74) is 1.10. The van der Waals surface area contributed by atoms with Crippen LogP contribution in [0.2, 0.25) is 5.02 Å². The van der Waals surface area contributed by atoms with Gasteiger partial charge in [-0.25, -0.2) is 0 Å². The largest absolute Gasteiger partial charge is 0.489 e. The number of anilines is 1. The summed E-state index contributed by atoms with van der Waals surface area (Å²) in [4.78, 5) is 12.9. The van der Waals surface area contributed by atoms with Crippen LogP contribution in [0, 0.1) is 5.41 Å². The number of para-hydroxylation sites is 1. The van der Waals surface area contributed by atoms with Crippen LogP contribution in [0.3, 0.4) is 0 Å². The Bertz CT molecular complexity index is 1100. The van der Waals surface area contributed by atoms with Crippen molar-refractivity contribution in [2.45, 2.75) is 12.8 Å². The first-order valence-corrected chi connectivity index (χ1v) is 10.2. The van der Waals surface area contributed by atoms with Crippen LogP contribution in [-0.2, 0) is 0 Å². The van der Waals surface area contributed by atoms with Crippen molar-refractivity contribution < 1.29 is 19.0 Å². The molecule has 152 valence electrons. The molecule has 0 radical (unpaired) electrons. The molecule has 0 bridgehead atoms. The van der Waals surface area contributed by atoms with Gasteiger partial charge in [-0.1, -0.05) is 29.8 Å². The minimum absolute atomic E-state index is 0.145. The number of halogens is 1. The van der Waals surface area contributed by atoms with Gasteiger partial charge in [0.2, 0.25) is 0 Å².